The molecule has 0 fully saturated rings. The van der Waals surface area contributed by atoms with Crippen LogP contribution in [0.5, 0.6) is 0 Å². The summed E-state index contributed by atoms with van der Waals surface area (Å²) in [6.07, 6.45) is 0. The molecular weight excluding hydrogens is 240 g/mol. The predicted molar refractivity (Wildman–Crippen MR) is 44.9 cm³/mol. The number of halogens is 4. The maximum atomic E-state index is 12.2. The van der Waals surface area contributed by atoms with Crippen LogP contribution in [-0.4, -0.2) is 6.98 Å². The van der Waals surface area contributed by atoms with Crippen LogP contribution in [0.1, 0.15) is 5.56 Å². The van der Waals surface area contributed by atoms with Crippen molar-refractivity contribution in [2.24, 2.45) is 0 Å². The van der Waals surface area contributed by atoms with Crippen LogP contribution >= 0.6 is 11.6 Å². The number of hydrogen-bond donors (Lipinski definition) is 0. The third-order valence-corrected chi connectivity index (χ3v) is 1.82. The summed E-state index contributed by atoms with van der Waals surface area (Å²) in [5.41, 5.74) is -0.959. The topological polar surface area (TPSA) is 23.8 Å². The third-order valence-electron chi connectivity index (χ3n) is 1.48. The molecule has 1 aromatic rings. The summed E-state index contributed by atoms with van der Waals surface area (Å²) in [7, 11) is 0. The van der Waals surface area contributed by atoms with E-state index in [0.717, 1.165) is 12.1 Å². The molecule has 0 saturated carbocycles. The van der Waals surface area contributed by atoms with Gasteiger partial charge in [-0.05, 0) is 12.1 Å². The Hall–Kier alpha value is 0.491. The van der Waals surface area contributed by atoms with E-state index in [1.165, 1.54) is 6.07 Å². The zero-order valence-electron chi connectivity index (χ0n) is 7.27. The van der Waals surface area contributed by atoms with Crippen molar-refractivity contribution in [3.05, 3.63) is 28.8 Å². The molecule has 1 nitrogen and oxygen atoms in total. The molecule has 7 heteroatoms. The van der Waals surface area contributed by atoms with Crippen LogP contribution in [-0.2, 0) is 0 Å². The quantitative estimate of drug-likeness (QED) is 0.597. The van der Waals surface area contributed by atoms with Gasteiger partial charge in [0.15, 0.2) is 0 Å². The van der Waals surface area contributed by atoms with Gasteiger partial charge in [-0.15, -0.1) is 0 Å². The smallest absolute Gasteiger partial charge is 0.445 e. The van der Waals surface area contributed by atoms with Crippen LogP contribution in [0.25, 0.3) is 0 Å². The van der Waals surface area contributed by atoms with Crippen LogP contribution in [0.2, 0.25) is 5.02 Å². The van der Waals surface area contributed by atoms with E-state index in [1.807, 2.05) is 0 Å². The maximum absolute atomic E-state index is 12.2. The SMILES string of the molecule is N#Cc1ccc(Cl)c([B-](F)(F)F)c1.[K+]. The molecule has 0 aliphatic carbocycles. The maximum Gasteiger partial charge on any atom is 1.00 e. The standard InChI is InChI=1S/C7H3BClF3N.K/c9-7-2-1-5(4-13)3-6(7)8(10,11)12;/h1-3H;/q-1;+1. The summed E-state index contributed by atoms with van der Waals surface area (Å²) >= 11 is 5.32. The monoisotopic (exact) mass is 243 g/mol. The van der Waals surface area contributed by atoms with E-state index in [0.29, 0.717) is 0 Å². The molecule has 0 aromatic heterocycles. The van der Waals surface area contributed by atoms with Gasteiger partial charge < -0.3 is 12.9 Å². The summed E-state index contributed by atoms with van der Waals surface area (Å²) in [6.45, 7) is -5.14. The van der Waals surface area contributed by atoms with Crippen molar-refractivity contribution in [2.45, 2.75) is 0 Å². The van der Waals surface area contributed by atoms with Crippen LogP contribution < -0.4 is 56.8 Å². The summed E-state index contributed by atoms with van der Waals surface area (Å²) in [4.78, 5) is 0. The van der Waals surface area contributed by atoms with Crippen molar-refractivity contribution in [1.82, 2.24) is 0 Å². The van der Waals surface area contributed by atoms with Crippen LogP contribution in [0.3, 0.4) is 0 Å². The Kier molecular flexibility index (Phi) is 5.74. The number of nitriles is 1. The predicted octanol–water partition coefficient (Wildman–Crippen LogP) is -0.730. The number of hydrogen-bond acceptors (Lipinski definition) is 1. The molecule has 14 heavy (non-hydrogen) atoms. The second kappa shape index (κ2) is 5.54. The molecular formula is C7H3BClF3KN. The van der Waals surface area contributed by atoms with Crippen molar-refractivity contribution in [3.8, 4) is 6.07 Å². The van der Waals surface area contributed by atoms with Crippen LogP contribution in [0.15, 0.2) is 18.2 Å². The van der Waals surface area contributed by atoms with Gasteiger partial charge in [-0.1, -0.05) is 23.1 Å². The van der Waals surface area contributed by atoms with Gasteiger partial charge in [-0.25, -0.2) is 0 Å². The Morgan fingerprint density at radius 1 is 1.29 bits per heavy atom. The molecule has 1 aromatic carbocycles. The second-order valence-electron chi connectivity index (χ2n) is 2.42. The van der Waals surface area contributed by atoms with Crippen LogP contribution in [0.4, 0.5) is 12.9 Å². The fourth-order valence-electron chi connectivity index (χ4n) is 0.864. The first-order valence-corrected chi connectivity index (χ1v) is 3.72. The van der Waals surface area contributed by atoms with E-state index in [4.69, 9.17) is 16.9 Å². The van der Waals surface area contributed by atoms with E-state index in [2.05, 4.69) is 0 Å². The first kappa shape index (κ1) is 14.5. The molecule has 0 radical (unpaired) electrons. The molecule has 0 amide bonds. The zero-order valence-corrected chi connectivity index (χ0v) is 11.1. The molecule has 0 heterocycles. The number of nitrogens with zero attached hydrogens (tertiary/aromatic N) is 1. The molecule has 0 bridgehead atoms. The van der Waals surface area contributed by atoms with E-state index < -0.39 is 12.4 Å². The molecule has 0 aliphatic rings. The average Bonchev–Trinajstić information content (AvgIpc) is 2.03. The van der Waals surface area contributed by atoms with Gasteiger partial charge in [0.05, 0.1) is 6.07 Å². The molecule has 0 spiro atoms. The number of benzene rings is 1. The van der Waals surface area contributed by atoms with Crippen molar-refractivity contribution >= 4 is 24.0 Å². The van der Waals surface area contributed by atoms with E-state index >= 15 is 0 Å². The van der Waals surface area contributed by atoms with E-state index in [9.17, 15) is 12.9 Å². The largest absolute Gasteiger partial charge is 1.00 e. The molecule has 0 atom stereocenters. The number of rotatable bonds is 1. The van der Waals surface area contributed by atoms with Gasteiger partial charge >= 0.3 is 58.4 Å². The Morgan fingerprint density at radius 2 is 1.86 bits per heavy atom. The first-order valence-electron chi connectivity index (χ1n) is 3.34. The van der Waals surface area contributed by atoms with E-state index in [-0.39, 0.29) is 62.0 Å². The normalized spacial score (nSPS) is 10.2. The molecule has 0 N–H and O–H groups in total. The van der Waals surface area contributed by atoms with Crippen LogP contribution in [0, 0.1) is 11.3 Å². The third kappa shape index (κ3) is 3.57. The van der Waals surface area contributed by atoms with Crippen molar-refractivity contribution in [2.75, 3.05) is 0 Å². The van der Waals surface area contributed by atoms with Gasteiger partial charge in [-0.2, -0.15) is 5.26 Å². The second-order valence-corrected chi connectivity index (χ2v) is 2.83. The summed E-state index contributed by atoms with van der Waals surface area (Å²) in [6, 6.07) is 4.69. The average molecular weight is 243 g/mol. The fourth-order valence-corrected chi connectivity index (χ4v) is 1.11. The van der Waals surface area contributed by atoms with E-state index in [1.54, 1.807) is 6.07 Å². The Bertz CT molecular complexity index is 374. The Morgan fingerprint density at radius 3 is 2.29 bits per heavy atom. The molecule has 0 aliphatic heterocycles. The van der Waals surface area contributed by atoms with Gasteiger partial charge in [0.2, 0.25) is 0 Å². The first-order chi connectivity index (χ1) is 5.95. The minimum Gasteiger partial charge on any atom is -0.445 e. The Balaban J connectivity index is 0.00000169. The summed E-state index contributed by atoms with van der Waals surface area (Å²) in [5.74, 6) is 0. The minimum absolute atomic E-state index is 0. The zero-order chi connectivity index (χ0) is 10.1. The van der Waals surface area contributed by atoms with Gasteiger partial charge in [0.1, 0.15) is 0 Å². The van der Waals surface area contributed by atoms with Crippen molar-refractivity contribution in [1.29, 1.82) is 5.26 Å². The molecule has 0 unspecified atom stereocenters. The summed E-state index contributed by atoms with van der Waals surface area (Å²) < 4.78 is 36.7. The van der Waals surface area contributed by atoms with Gasteiger partial charge in [0, 0.05) is 10.6 Å². The molecule has 0 saturated heterocycles. The molecule has 68 valence electrons. The Labute approximate surface area is 127 Å². The minimum atomic E-state index is -5.14. The van der Waals surface area contributed by atoms with Gasteiger partial charge in [0.25, 0.3) is 0 Å². The fraction of sp³-hybridized carbons (Fsp3) is 0. The summed E-state index contributed by atoms with van der Waals surface area (Å²) in [5, 5.41) is 8.00. The molecule has 1 rings (SSSR count). The van der Waals surface area contributed by atoms with Crippen molar-refractivity contribution < 1.29 is 64.3 Å². The van der Waals surface area contributed by atoms with Gasteiger partial charge in [-0.3, -0.25) is 0 Å². The van der Waals surface area contributed by atoms with Crippen molar-refractivity contribution in [3.63, 3.8) is 0 Å².